The first-order chi connectivity index (χ1) is 18.4. The summed E-state index contributed by atoms with van der Waals surface area (Å²) in [5.41, 5.74) is 1.81. The van der Waals surface area contributed by atoms with Crippen LogP contribution in [0.15, 0.2) is 48.7 Å². The van der Waals surface area contributed by atoms with Gasteiger partial charge in [-0.2, -0.15) is 33.4 Å². The molecule has 196 valence electrons. The van der Waals surface area contributed by atoms with Crippen LogP contribution < -0.4 is 10.6 Å². The first kappa shape index (κ1) is 25.4. The maximum Gasteiger partial charge on any atom is 0.416 e. The number of halogens is 3. The predicted molar refractivity (Wildman–Crippen MR) is 137 cm³/mol. The number of benzene rings is 1. The number of hydrogen-bond acceptors (Lipinski definition) is 7. The van der Waals surface area contributed by atoms with Gasteiger partial charge in [-0.15, -0.1) is 0 Å². The van der Waals surface area contributed by atoms with E-state index >= 15 is 0 Å². The van der Waals surface area contributed by atoms with E-state index in [9.17, 15) is 18.4 Å². The second kappa shape index (κ2) is 11.0. The smallest absolute Gasteiger partial charge is 0.368 e. The number of alkyl halides is 3. The van der Waals surface area contributed by atoms with Crippen LogP contribution in [0.1, 0.15) is 48.3 Å². The van der Waals surface area contributed by atoms with Gasteiger partial charge in [0.1, 0.15) is 11.6 Å². The summed E-state index contributed by atoms with van der Waals surface area (Å²) in [5, 5.41) is 16.2. The number of pyridine rings is 1. The van der Waals surface area contributed by atoms with E-state index in [4.69, 9.17) is 0 Å². The van der Waals surface area contributed by atoms with E-state index in [0.717, 1.165) is 24.2 Å². The molecule has 2 N–H and O–H groups in total. The van der Waals surface area contributed by atoms with Crippen LogP contribution in [0.2, 0.25) is 0 Å². The molecule has 1 aliphatic carbocycles. The number of rotatable bonds is 10. The Balaban J connectivity index is 1.47. The van der Waals surface area contributed by atoms with Gasteiger partial charge in [-0.3, -0.25) is 4.98 Å². The van der Waals surface area contributed by atoms with E-state index in [1.165, 1.54) is 31.4 Å². The summed E-state index contributed by atoms with van der Waals surface area (Å²) < 4.78 is 41.1. The van der Waals surface area contributed by atoms with Crippen LogP contribution in [0.5, 0.6) is 0 Å². The molecule has 8 nitrogen and oxygen atoms in total. The summed E-state index contributed by atoms with van der Waals surface area (Å²) in [5.74, 6) is 1.67. The van der Waals surface area contributed by atoms with Gasteiger partial charge in [0.2, 0.25) is 11.8 Å². The molecule has 3 heterocycles. The van der Waals surface area contributed by atoms with Crippen molar-refractivity contribution >= 4 is 22.9 Å². The van der Waals surface area contributed by atoms with Gasteiger partial charge in [0.05, 0.1) is 12.1 Å². The van der Waals surface area contributed by atoms with Gasteiger partial charge in [0, 0.05) is 31.4 Å². The minimum atomic E-state index is -4.41. The highest BCUT2D eigenvalue weighted by molar-refractivity contribution is 5.86. The fraction of sp³-hybridized carbons (Fsp3) is 0.370. The molecular formula is C27H27F3N8. The largest absolute Gasteiger partial charge is 0.416 e. The summed E-state index contributed by atoms with van der Waals surface area (Å²) in [4.78, 5) is 17.7. The van der Waals surface area contributed by atoms with Crippen LogP contribution in [0.4, 0.5) is 24.9 Å². The molecule has 5 rings (SSSR count). The van der Waals surface area contributed by atoms with Gasteiger partial charge in [0.25, 0.3) is 0 Å². The van der Waals surface area contributed by atoms with Crippen molar-refractivity contribution in [1.82, 2.24) is 24.5 Å². The molecular weight excluding hydrogens is 493 g/mol. The molecule has 38 heavy (non-hydrogen) atoms. The van der Waals surface area contributed by atoms with Crippen LogP contribution in [0.25, 0.3) is 11.2 Å². The Morgan fingerprint density at radius 2 is 1.82 bits per heavy atom. The summed E-state index contributed by atoms with van der Waals surface area (Å²) in [6, 6.07) is 12.8. The highest BCUT2D eigenvalue weighted by Crippen LogP contribution is 2.32. The number of nitrogens with zero attached hydrogens (tertiary/aromatic N) is 6. The van der Waals surface area contributed by atoms with E-state index in [1.54, 1.807) is 6.20 Å². The number of nitriles is 1. The number of fused-ring (bicyclic) bond motifs is 1. The van der Waals surface area contributed by atoms with E-state index in [-0.39, 0.29) is 12.4 Å². The Bertz CT molecular complexity index is 1420. The third kappa shape index (κ3) is 5.85. The van der Waals surface area contributed by atoms with E-state index in [1.807, 2.05) is 28.8 Å². The Hall–Kier alpha value is -4.20. The lowest BCUT2D eigenvalue weighted by Gasteiger charge is -2.25. The van der Waals surface area contributed by atoms with Crippen LogP contribution >= 0.6 is 0 Å². The topological polar surface area (TPSA) is 104 Å². The zero-order chi connectivity index (χ0) is 26.5. The second-order valence-electron chi connectivity index (χ2n) is 9.41. The first-order valence-corrected chi connectivity index (χ1v) is 12.6. The summed E-state index contributed by atoms with van der Waals surface area (Å²) >= 11 is 0. The number of hydrogen-bond donors (Lipinski definition) is 2. The highest BCUT2D eigenvalue weighted by Gasteiger charge is 2.30. The maximum absolute atomic E-state index is 13.1. The molecule has 0 radical (unpaired) electrons. The summed E-state index contributed by atoms with van der Waals surface area (Å²) in [7, 11) is 0. The number of anilines is 2. The van der Waals surface area contributed by atoms with Crippen molar-refractivity contribution in [2.24, 2.45) is 5.92 Å². The number of imidazole rings is 1. The predicted octanol–water partition coefficient (Wildman–Crippen LogP) is 5.42. The van der Waals surface area contributed by atoms with Crippen molar-refractivity contribution in [3.63, 3.8) is 0 Å². The molecule has 0 atom stereocenters. The highest BCUT2D eigenvalue weighted by atomic mass is 19.4. The van der Waals surface area contributed by atoms with Crippen molar-refractivity contribution in [3.05, 3.63) is 71.3 Å². The Morgan fingerprint density at radius 3 is 2.47 bits per heavy atom. The molecule has 0 spiro atoms. The second-order valence-corrected chi connectivity index (χ2v) is 9.41. The van der Waals surface area contributed by atoms with Gasteiger partial charge in [-0.05, 0) is 42.2 Å². The quantitative estimate of drug-likeness (QED) is 0.288. The Morgan fingerprint density at radius 1 is 1.00 bits per heavy atom. The SMILES string of the molecule is N#Cc1nc(NCCC2CCC2)c2c(n1)nc(NCCc1ccccn1)n2Cc1ccc(C(F)(F)F)cc1. The molecule has 1 saturated carbocycles. The van der Waals surface area contributed by atoms with Gasteiger partial charge < -0.3 is 15.2 Å². The molecule has 4 aromatic rings. The lowest BCUT2D eigenvalue weighted by molar-refractivity contribution is -0.137. The summed E-state index contributed by atoms with van der Waals surface area (Å²) in [6.07, 6.45) is 2.67. The van der Waals surface area contributed by atoms with Crippen molar-refractivity contribution in [1.29, 1.82) is 5.26 Å². The van der Waals surface area contributed by atoms with E-state index in [0.29, 0.717) is 53.9 Å². The van der Waals surface area contributed by atoms with Crippen molar-refractivity contribution < 1.29 is 13.2 Å². The van der Waals surface area contributed by atoms with Crippen molar-refractivity contribution in [2.75, 3.05) is 23.7 Å². The molecule has 0 bridgehead atoms. The fourth-order valence-electron chi connectivity index (χ4n) is 4.50. The lowest BCUT2D eigenvalue weighted by Crippen LogP contribution is -2.17. The molecule has 1 aliphatic rings. The van der Waals surface area contributed by atoms with Crippen molar-refractivity contribution in [3.8, 4) is 6.07 Å². The van der Waals surface area contributed by atoms with Gasteiger partial charge in [-0.25, -0.2) is 0 Å². The molecule has 0 unspecified atom stereocenters. The van der Waals surface area contributed by atoms with Gasteiger partial charge in [-0.1, -0.05) is 37.5 Å². The van der Waals surface area contributed by atoms with E-state index < -0.39 is 11.7 Å². The molecule has 11 heteroatoms. The third-order valence-corrected chi connectivity index (χ3v) is 6.79. The Labute approximate surface area is 218 Å². The van der Waals surface area contributed by atoms with Crippen molar-refractivity contribution in [2.45, 2.75) is 44.8 Å². The van der Waals surface area contributed by atoms with Crippen LogP contribution in [-0.2, 0) is 19.1 Å². The Kier molecular flexibility index (Phi) is 7.40. The van der Waals surface area contributed by atoms with Gasteiger partial charge in [0.15, 0.2) is 11.5 Å². The van der Waals surface area contributed by atoms with Gasteiger partial charge >= 0.3 is 6.18 Å². The van der Waals surface area contributed by atoms with Crippen LogP contribution in [0.3, 0.4) is 0 Å². The minimum absolute atomic E-state index is 0.00265. The first-order valence-electron chi connectivity index (χ1n) is 12.6. The average molecular weight is 521 g/mol. The maximum atomic E-state index is 13.1. The molecule has 1 fully saturated rings. The molecule has 0 saturated heterocycles. The third-order valence-electron chi connectivity index (χ3n) is 6.79. The zero-order valence-corrected chi connectivity index (χ0v) is 20.7. The monoisotopic (exact) mass is 520 g/mol. The average Bonchev–Trinajstić information content (AvgIpc) is 3.22. The zero-order valence-electron chi connectivity index (χ0n) is 20.7. The molecule has 0 aliphatic heterocycles. The fourth-order valence-corrected chi connectivity index (χ4v) is 4.50. The minimum Gasteiger partial charge on any atom is -0.368 e. The standard InChI is InChI=1S/C27H27F3N8/c28-27(29,30)20-9-7-19(8-10-20)17-38-23-24(33-14-11-18-4-3-5-18)35-22(16-31)36-25(23)37-26(38)34-15-12-21-6-1-2-13-32-21/h1-2,6-10,13,18H,3-5,11-12,14-15,17H2,(H2,33,34,35,36,37). The molecule has 3 aromatic heterocycles. The van der Waals surface area contributed by atoms with Crippen LogP contribution in [-0.4, -0.2) is 37.6 Å². The van der Waals surface area contributed by atoms with Crippen LogP contribution in [0, 0.1) is 17.2 Å². The lowest BCUT2D eigenvalue weighted by atomic mass is 9.83. The summed E-state index contributed by atoms with van der Waals surface area (Å²) in [6.45, 7) is 1.46. The normalized spacial score (nSPS) is 13.7. The molecule has 0 amide bonds. The number of aromatic nitrogens is 5. The molecule has 1 aromatic carbocycles. The number of nitrogens with one attached hydrogen (secondary N) is 2. The van der Waals surface area contributed by atoms with E-state index in [2.05, 4.69) is 30.6 Å².